The van der Waals surface area contributed by atoms with Gasteiger partial charge in [0.1, 0.15) is 5.75 Å². The number of carbonyl (C=O) groups is 2. The molecule has 8 nitrogen and oxygen atoms in total. The summed E-state index contributed by atoms with van der Waals surface area (Å²) in [6, 6.07) is 17.0. The van der Waals surface area contributed by atoms with Gasteiger partial charge in [-0.2, -0.15) is 0 Å². The molecule has 0 bridgehead atoms. The molecule has 2 heterocycles. The Hall–Kier alpha value is -3.68. The van der Waals surface area contributed by atoms with E-state index in [2.05, 4.69) is 22.4 Å². The van der Waals surface area contributed by atoms with Crippen LogP contribution in [0.25, 0.3) is 0 Å². The molecule has 1 aliphatic rings. The molecule has 1 unspecified atom stereocenters. The van der Waals surface area contributed by atoms with E-state index in [9.17, 15) is 9.59 Å². The van der Waals surface area contributed by atoms with Crippen LogP contribution in [0.15, 0.2) is 59.0 Å². The van der Waals surface area contributed by atoms with Crippen LogP contribution in [0.3, 0.4) is 0 Å². The van der Waals surface area contributed by atoms with Gasteiger partial charge >= 0.3 is 6.01 Å². The molecule has 3 aromatic rings. The molecule has 0 radical (unpaired) electrons. The number of ether oxygens (including phenoxy) is 1. The zero-order valence-electron chi connectivity index (χ0n) is 16.6. The van der Waals surface area contributed by atoms with Gasteiger partial charge in [0.05, 0.1) is 5.92 Å². The number of benzene rings is 2. The molecular weight excluding hydrogens is 384 g/mol. The highest BCUT2D eigenvalue weighted by Gasteiger charge is 2.35. The van der Waals surface area contributed by atoms with E-state index < -0.39 is 5.91 Å². The van der Waals surface area contributed by atoms with E-state index in [1.54, 1.807) is 4.90 Å². The second kappa shape index (κ2) is 8.77. The molecule has 0 spiro atoms. The monoisotopic (exact) mass is 406 g/mol. The minimum Gasteiger partial charge on any atom is -0.484 e. The van der Waals surface area contributed by atoms with Gasteiger partial charge in [-0.1, -0.05) is 42.4 Å². The summed E-state index contributed by atoms with van der Waals surface area (Å²) in [6.45, 7) is 2.35. The van der Waals surface area contributed by atoms with Gasteiger partial charge in [-0.25, -0.2) is 0 Å². The Kier molecular flexibility index (Phi) is 5.74. The van der Waals surface area contributed by atoms with E-state index in [4.69, 9.17) is 9.15 Å². The third-order valence-corrected chi connectivity index (χ3v) is 4.93. The fourth-order valence-electron chi connectivity index (χ4n) is 3.31. The van der Waals surface area contributed by atoms with Crippen LogP contribution in [-0.2, 0) is 16.0 Å². The lowest BCUT2D eigenvalue weighted by atomic mass is 10.1. The van der Waals surface area contributed by atoms with Crippen molar-refractivity contribution < 1.29 is 18.7 Å². The topological polar surface area (TPSA) is 97.6 Å². The number of nitrogens with zero attached hydrogens (tertiary/aromatic N) is 3. The van der Waals surface area contributed by atoms with Gasteiger partial charge < -0.3 is 14.1 Å². The number of para-hydroxylation sites is 1. The Labute approximate surface area is 173 Å². The van der Waals surface area contributed by atoms with Crippen molar-refractivity contribution in [2.45, 2.75) is 25.7 Å². The van der Waals surface area contributed by atoms with Gasteiger partial charge in [-0.15, -0.1) is 5.10 Å². The van der Waals surface area contributed by atoms with Crippen molar-refractivity contribution in [3.05, 3.63) is 66.1 Å². The quantitative estimate of drug-likeness (QED) is 0.647. The van der Waals surface area contributed by atoms with E-state index in [1.807, 2.05) is 54.6 Å². The first-order chi connectivity index (χ1) is 14.6. The van der Waals surface area contributed by atoms with Crippen LogP contribution in [0.1, 0.15) is 30.7 Å². The highest BCUT2D eigenvalue weighted by molar-refractivity contribution is 5.96. The van der Waals surface area contributed by atoms with Gasteiger partial charge in [-0.05, 0) is 36.2 Å². The molecule has 8 heteroatoms. The molecule has 2 amide bonds. The summed E-state index contributed by atoms with van der Waals surface area (Å²) in [7, 11) is 0. The van der Waals surface area contributed by atoms with Crippen molar-refractivity contribution in [1.82, 2.24) is 10.2 Å². The molecule has 1 aromatic heterocycles. The van der Waals surface area contributed by atoms with E-state index in [0.717, 1.165) is 12.1 Å². The molecule has 2 aromatic carbocycles. The number of carbonyl (C=O) groups excluding carboxylic acids is 2. The smallest absolute Gasteiger partial charge is 0.322 e. The van der Waals surface area contributed by atoms with Crippen molar-refractivity contribution in [3.8, 4) is 5.75 Å². The van der Waals surface area contributed by atoms with Crippen LogP contribution in [0, 0.1) is 0 Å². The predicted octanol–water partition coefficient (Wildman–Crippen LogP) is 3.17. The molecular formula is C22H22N4O4. The third kappa shape index (κ3) is 4.48. The molecule has 1 atom stereocenters. The number of hydrogen-bond donors (Lipinski definition) is 1. The molecule has 1 N–H and O–H groups in total. The second-order valence-electron chi connectivity index (χ2n) is 7.02. The molecule has 0 aliphatic carbocycles. The van der Waals surface area contributed by atoms with Crippen molar-refractivity contribution in [2.75, 3.05) is 23.4 Å². The number of amides is 2. The van der Waals surface area contributed by atoms with Crippen LogP contribution in [0.5, 0.6) is 5.75 Å². The molecule has 1 fully saturated rings. The van der Waals surface area contributed by atoms with E-state index in [1.165, 1.54) is 5.56 Å². The van der Waals surface area contributed by atoms with Crippen LogP contribution in [-0.4, -0.2) is 35.2 Å². The second-order valence-corrected chi connectivity index (χ2v) is 7.02. The standard InChI is InChI=1S/C22H22N4O4/c1-2-15-8-10-18(11-9-15)29-14-19(27)23-22-25-24-21(30-22)16-12-20(28)26(13-16)17-6-4-3-5-7-17/h3-11,16H,2,12-14H2,1H3,(H,23,25,27). The largest absolute Gasteiger partial charge is 0.484 e. The highest BCUT2D eigenvalue weighted by Crippen LogP contribution is 2.31. The fraction of sp³-hybridized carbons (Fsp3) is 0.273. The Morgan fingerprint density at radius 1 is 1.17 bits per heavy atom. The highest BCUT2D eigenvalue weighted by atomic mass is 16.5. The maximum Gasteiger partial charge on any atom is 0.322 e. The Morgan fingerprint density at radius 2 is 1.93 bits per heavy atom. The number of nitrogens with one attached hydrogen (secondary N) is 1. The number of aryl methyl sites for hydroxylation is 1. The maximum atomic E-state index is 12.4. The van der Waals surface area contributed by atoms with Gasteiger partial charge in [0.2, 0.25) is 11.8 Å². The van der Waals surface area contributed by atoms with Crippen molar-refractivity contribution in [1.29, 1.82) is 0 Å². The molecule has 0 saturated carbocycles. The average molecular weight is 406 g/mol. The zero-order chi connectivity index (χ0) is 20.9. The van der Waals surface area contributed by atoms with Crippen molar-refractivity contribution in [3.63, 3.8) is 0 Å². The molecule has 4 rings (SSSR count). The van der Waals surface area contributed by atoms with E-state index >= 15 is 0 Å². The SMILES string of the molecule is CCc1ccc(OCC(=O)Nc2nnc(C3CC(=O)N(c4ccccc4)C3)o2)cc1. The molecule has 1 saturated heterocycles. The van der Waals surface area contributed by atoms with Gasteiger partial charge in [0, 0.05) is 18.7 Å². The minimum atomic E-state index is -0.404. The van der Waals surface area contributed by atoms with Crippen LogP contribution >= 0.6 is 0 Å². The maximum absolute atomic E-state index is 12.4. The van der Waals surface area contributed by atoms with Crippen molar-refractivity contribution in [2.24, 2.45) is 0 Å². The number of hydrogen-bond acceptors (Lipinski definition) is 6. The summed E-state index contributed by atoms with van der Waals surface area (Å²) in [6.07, 6.45) is 1.22. The summed E-state index contributed by atoms with van der Waals surface area (Å²) in [4.78, 5) is 26.2. The van der Waals surface area contributed by atoms with Gasteiger partial charge in [0.25, 0.3) is 5.91 Å². The first-order valence-corrected chi connectivity index (χ1v) is 9.82. The molecule has 154 valence electrons. The van der Waals surface area contributed by atoms with E-state index in [0.29, 0.717) is 18.2 Å². The first kappa shape index (κ1) is 19.6. The molecule has 1 aliphatic heterocycles. The normalized spacial score (nSPS) is 16.0. The molecule has 30 heavy (non-hydrogen) atoms. The fourth-order valence-corrected chi connectivity index (χ4v) is 3.31. The van der Waals surface area contributed by atoms with Crippen LogP contribution in [0.2, 0.25) is 0 Å². The lowest BCUT2D eigenvalue weighted by Crippen LogP contribution is -2.24. The number of anilines is 2. The Balaban J connectivity index is 1.31. The Morgan fingerprint density at radius 3 is 2.67 bits per heavy atom. The number of rotatable bonds is 7. The van der Waals surface area contributed by atoms with Gasteiger partial charge in [-0.3, -0.25) is 14.9 Å². The zero-order valence-corrected chi connectivity index (χ0v) is 16.6. The van der Waals surface area contributed by atoms with E-state index in [-0.39, 0.29) is 30.9 Å². The van der Waals surface area contributed by atoms with Crippen LogP contribution in [0.4, 0.5) is 11.7 Å². The summed E-state index contributed by atoms with van der Waals surface area (Å²) in [5.74, 6) is 0.312. The van der Waals surface area contributed by atoms with Crippen LogP contribution < -0.4 is 15.0 Å². The third-order valence-electron chi connectivity index (χ3n) is 4.93. The summed E-state index contributed by atoms with van der Waals surface area (Å²) in [5.41, 5.74) is 2.03. The summed E-state index contributed by atoms with van der Waals surface area (Å²) < 4.78 is 11.0. The number of aromatic nitrogens is 2. The average Bonchev–Trinajstić information content (AvgIpc) is 3.39. The predicted molar refractivity (Wildman–Crippen MR) is 110 cm³/mol. The lowest BCUT2D eigenvalue weighted by molar-refractivity contribution is -0.118. The Bertz CT molecular complexity index is 1020. The van der Waals surface area contributed by atoms with Crippen molar-refractivity contribution >= 4 is 23.5 Å². The minimum absolute atomic E-state index is 0.00234. The summed E-state index contributed by atoms with van der Waals surface area (Å²) >= 11 is 0. The first-order valence-electron chi connectivity index (χ1n) is 9.82. The lowest BCUT2D eigenvalue weighted by Gasteiger charge is -2.15. The summed E-state index contributed by atoms with van der Waals surface area (Å²) in [5, 5.41) is 10.4. The van der Waals surface area contributed by atoms with Gasteiger partial charge in [0.15, 0.2) is 6.61 Å².